The third-order valence-electron chi connectivity index (χ3n) is 6.22. The third kappa shape index (κ3) is 3.94. The molecule has 174 valence electrons. The van der Waals surface area contributed by atoms with Crippen molar-refractivity contribution in [1.82, 2.24) is 0 Å². The molecular weight excluding hydrogens is 454 g/mol. The average Bonchev–Trinajstić information content (AvgIpc) is 2.87. The van der Waals surface area contributed by atoms with Crippen molar-refractivity contribution in [1.29, 1.82) is 0 Å². The van der Waals surface area contributed by atoms with Gasteiger partial charge in [-0.1, -0.05) is 41.9 Å². The molecule has 1 aromatic heterocycles. The highest BCUT2D eigenvalue weighted by Gasteiger charge is 2.27. The number of hydrogen-bond acceptors (Lipinski definition) is 6. The molecule has 0 atom stereocenters. The average molecular weight is 478 g/mol. The number of halogens is 1. The number of fused-ring (bicyclic) bond motifs is 3. The minimum atomic E-state index is -0.349. The van der Waals surface area contributed by atoms with Crippen molar-refractivity contribution in [3.05, 3.63) is 92.3 Å². The maximum atomic E-state index is 13.1. The molecule has 4 aromatic rings. The Morgan fingerprint density at radius 1 is 1.03 bits per heavy atom. The van der Waals surface area contributed by atoms with Crippen LogP contribution in [0.2, 0.25) is 5.02 Å². The van der Waals surface area contributed by atoms with Crippen LogP contribution in [0, 0.1) is 6.92 Å². The summed E-state index contributed by atoms with van der Waals surface area (Å²) in [6.07, 6.45) is 0.492. The van der Waals surface area contributed by atoms with Gasteiger partial charge in [-0.15, -0.1) is 0 Å². The molecule has 0 fully saturated rings. The van der Waals surface area contributed by atoms with Crippen LogP contribution in [0.25, 0.3) is 11.0 Å². The maximum absolute atomic E-state index is 13.1. The second-order valence-corrected chi connectivity index (χ2v) is 8.65. The molecule has 5 rings (SSSR count). The van der Waals surface area contributed by atoms with Gasteiger partial charge in [-0.05, 0) is 24.1 Å². The van der Waals surface area contributed by atoms with E-state index in [1.54, 1.807) is 14.2 Å². The van der Waals surface area contributed by atoms with Gasteiger partial charge in [0, 0.05) is 41.3 Å². The van der Waals surface area contributed by atoms with Gasteiger partial charge in [0.2, 0.25) is 0 Å². The van der Waals surface area contributed by atoms with Crippen LogP contribution in [0.3, 0.4) is 0 Å². The Labute approximate surface area is 202 Å². The lowest BCUT2D eigenvalue weighted by atomic mass is 9.97. The van der Waals surface area contributed by atoms with E-state index in [0.29, 0.717) is 46.4 Å². The molecule has 0 saturated carbocycles. The minimum Gasteiger partial charge on any atom is -0.497 e. The summed E-state index contributed by atoms with van der Waals surface area (Å²) in [6, 6.07) is 17.3. The summed E-state index contributed by atoms with van der Waals surface area (Å²) in [5.41, 5.74) is 4.28. The Morgan fingerprint density at radius 3 is 2.41 bits per heavy atom. The lowest BCUT2D eigenvalue weighted by Crippen LogP contribution is -2.32. The quantitative estimate of drug-likeness (QED) is 0.343. The van der Waals surface area contributed by atoms with Crippen molar-refractivity contribution in [3.63, 3.8) is 0 Å². The van der Waals surface area contributed by atoms with E-state index in [9.17, 15) is 4.79 Å². The van der Waals surface area contributed by atoms with E-state index in [1.807, 2.05) is 66.4 Å². The normalized spacial score (nSPS) is 12.9. The zero-order valence-electron chi connectivity index (χ0n) is 19.2. The van der Waals surface area contributed by atoms with Crippen molar-refractivity contribution in [2.24, 2.45) is 0 Å². The lowest BCUT2D eigenvalue weighted by molar-refractivity contribution is 0.289. The fourth-order valence-corrected chi connectivity index (χ4v) is 4.63. The van der Waals surface area contributed by atoms with E-state index in [4.69, 9.17) is 30.2 Å². The number of hydrogen-bond donors (Lipinski definition) is 0. The van der Waals surface area contributed by atoms with Crippen LogP contribution in [0.15, 0.2) is 63.8 Å². The number of ether oxygens (including phenoxy) is 3. The molecular formula is C27H24ClNO5. The number of anilines is 1. The Kier molecular flexibility index (Phi) is 5.84. The fraction of sp³-hybridized carbons (Fsp3) is 0.222. The van der Waals surface area contributed by atoms with Crippen LogP contribution in [0.5, 0.6) is 17.2 Å². The Hall–Kier alpha value is -3.64. The molecule has 0 bridgehead atoms. The highest BCUT2D eigenvalue weighted by molar-refractivity contribution is 6.33. The molecule has 0 N–H and O–H groups in total. The predicted octanol–water partition coefficient (Wildman–Crippen LogP) is 5.72. The van der Waals surface area contributed by atoms with Crippen molar-refractivity contribution >= 4 is 28.3 Å². The van der Waals surface area contributed by atoms with Gasteiger partial charge in [-0.3, -0.25) is 0 Å². The molecule has 2 heterocycles. The van der Waals surface area contributed by atoms with Crippen LogP contribution in [-0.2, 0) is 13.0 Å². The van der Waals surface area contributed by atoms with Crippen LogP contribution in [0.4, 0.5) is 5.69 Å². The minimum absolute atomic E-state index is 0.282. The molecule has 7 heteroatoms. The highest BCUT2D eigenvalue weighted by atomic mass is 35.5. The molecule has 1 aliphatic rings. The first-order valence-electron chi connectivity index (χ1n) is 10.9. The van der Waals surface area contributed by atoms with Gasteiger partial charge in [-0.2, -0.15) is 0 Å². The van der Waals surface area contributed by atoms with Crippen molar-refractivity contribution in [2.75, 3.05) is 25.9 Å². The second kappa shape index (κ2) is 8.95. The van der Waals surface area contributed by atoms with Gasteiger partial charge in [0.15, 0.2) is 6.73 Å². The monoisotopic (exact) mass is 477 g/mol. The molecule has 0 saturated heterocycles. The van der Waals surface area contributed by atoms with Gasteiger partial charge < -0.3 is 23.5 Å². The molecule has 0 spiro atoms. The summed E-state index contributed by atoms with van der Waals surface area (Å²) in [6.45, 7) is 2.67. The largest absolute Gasteiger partial charge is 0.497 e. The van der Waals surface area contributed by atoms with Gasteiger partial charge >= 0.3 is 5.63 Å². The van der Waals surface area contributed by atoms with Gasteiger partial charge in [0.05, 0.1) is 31.4 Å². The second-order valence-electron chi connectivity index (χ2n) is 8.24. The SMILES string of the molecule is COc1cc(OC)cc(N2COc3c(Cl)cc4c(C)c(Cc5ccccc5)c(=O)oc4c3C2)c1. The molecule has 0 radical (unpaired) electrons. The summed E-state index contributed by atoms with van der Waals surface area (Å²) in [5.74, 6) is 1.88. The van der Waals surface area contributed by atoms with E-state index in [1.165, 1.54) is 0 Å². The lowest BCUT2D eigenvalue weighted by Gasteiger charge is -2.32. The Bertz CT molecular complexity index is 1410. The van der Waals surface area contributed by atoms with Crippen LogP contribution in [-0.4, -0.2) is 21.0 Å². The van der Waals surface area contributed by atoms with E-state index in [0.717, 1.165) is 27.8 Å². The van der Waals surface area contributed by atoms with E-state index < -0.39 is 0 Å². The maximum Gasteiger partial charge on any atom is 0.340 e. The van der Waals surface area contributed by atoms with Gasteiger partial charge in [0.25, 0.3) is 0 Å². The molecule has 3 aromatic carbocycles. The zero-order chi connectivity index (χ0) is 23.8. The van der Waals surface area contributed by atoms with Crippen molar-refractivity contribution in [2.45, 2.75) is 19.9 Å². The third-order valence-corrected chi connectivity index (χ3v) is 6.50. The first-order valence-corrected chi connectivity index (χ1v) is 11.3. The van der Waals surface area contributed by atoms with Crippen molar-refractivity contribution < 1.29 is 18.6 Å². The summed E-state index contributed by atoms with van der Waals surface area (Å²) in [5, 5.41) is 1.30. The molecule has 0 amide bonds. The summed E-state index contributed by atoms with van der Waals surface area (Å²) < 4.78 is 22.8. The first kappa shape index (κ1) is 22.2. The molecule has 34 heavy (non-hydrogen) atoms. The number of rotatable bonds is 5. The van der Waals surface area contributed by atoms with Crippen LogP contribution < -0.4 is 24.7 Å². The smallest absolute Gasteiger partial charge is 0.340 e. The Morgan fingerprint density at radius 2 is 1.74 bits per heavy atom. The fourth-order valence-electron chi connectivity index (χ4n) is 4.36. The van der Waals surface area contributed by atoms with Crippen LogP contribution in [0.1, 0.15) is 22.3 Å². The standard InChI is InChI=1S/C27H24ClNO5/c1-16-21-13-24(28)26-23(25(21)34-27(30)22(16)9-17-7-5-4-6-8-17)14-29(15-33-26)18-10-19(31-2)12-20(11-18)32-3/h4-8,10-13H,9,14-15H2,1-3H3. The van der Waals surface area contributed by atoms with Crippen molar-refractivity contribution in [3.8, 4) is 17.2 Å². The van der Waals surface area contributed by atoms with E-state index in [2.05, 4.69) is 0 Å². The van der Waals surface area contributed by atoms with Gasteiger partial charge in [-0.25, -0.2) is 4.79 Å². The van der Waals surface area contributed by atoms with Gasteiger partial charge in [0.1, 0.15) is 22.8 Å². The zero-order valence-corrected chi connectivity index (χ0v) is 19.9. The summed E-state index contributed by atoms with van der Waals surface area (Å²) >= 11 is 6.63. The topological polar surface area (TPSA) is 61.1 Å². The number of nitrogens with zero attached hydrogens (tertiary/aromatic N) is 1. The summed E-state index contributed by atoms with van der Waals surface area (Å²) in [4.78, 5) is 15.1. The molecule has 0 aliphatic carbocycles. The number of benzene rings is 3. The Balaban J connectivity index is 1.60. The van der Waals surface area contributed by atoms with E-state index >= 15 is 0 Å². The molecule has 1 aliphatic heterocycles. The molecule has 6 nitrogen and oxygen atoms in total. The van der Waals surface area contributed by atoms with Crippen LogP contribution >= 0.6 is 11.6 Å². The van der Waals surface area contributed by atoms with E-state index in [-0.39, 0.29) is 12.4 Å². The number of aryl methyl sites for hydroxylation is 1. The predicted molar refractivity (Wildman–Crippen MR) is 133 cm³/mol. The number of methoxy groups -OCH3 is 2. The summed E-state index contributed by atoms with van der Waals surface area (Å²) in [7, 11) is 3.22. The molecule has 0 unspecified atom stereocenters. The highest BCUT2D eigenvalue weighted by Crippen LogP contribution is 2.41. The first-order chi connectivity index (χ1) is 16.5.